The van der Waals surface area contributed by atoms with Gasteiger partial charge in [-0.2, -0.15) is 8.78 Å². The first-order chi connectivity index (χ1) is 17.9. The number of rotatable bonds is 4. The van der Waals surface area contributed by atoms with Crippen LogP contribution in [0.1, 0.15) is 70.5 Å². The van der Waals surface area contributed by atoms with E-state index in [1.165, 1.54) is 6.07 Å². The van der Waals surface area contributed by atoms with Crippen LogP contribution < -0.4 is 4.74 Å². The van der Waals surface area contributed by atoms with Crippen LogP contribution in [0.4, 0.5) is 8.78 Å². The number of hydrogen-bond donors (Lipinski definition) is 0. The van der Waals surface area contributed by atoms with Crippen molar-refractivity contribution in [1.29, 1.82) is 0 Å². The summed E-state index contributed by atoms with van der Waals surface area (Å²) in [5.74, 6) is 0.383. The summed E-state index contributed by atoms with van der Waals surface area (Å²) in [7, 11) is 1.72. The molecule has 190 valence electrons. The quantitative estimate of drug-likeness (QED) is 0.535. The molecule has 4 heterocycles. The summed E-state index contributed by atoms with van der Waals surface area (Å²) >= 11 is 0. The Morgan fingerprint density at radius 3 is 2.81 bits per heavy atom. The van der Waals surface area contributed by atoms with Crippen molar-refractivity contribution in [2.75, 3.05) is 20.1 Å². The van der Waals surface area contributed by atoms with Gasteiger partial charge in [-0.3, -0.25) is 14.0 Å². The van der Waals surface area contributed by atoms with E-state index in [-0.39, 0.29) is 35.4 Å². The minimum Gasteiger partial charge on any atom is -0.434 e. The lowest BCUT2D eigenvalue weighted by molar-refractivity contribution is -0.132. The maximum absolute atomic E-state index is 13.3. The van der Waals surface area contributed by atoms with E-state index in [9.17, 15) is 18.4 Å². The third kappa shape index (κ3) is 3.45. The summed E-state index contributed by atoms with van der Waals surface area (Å²) in [6, 6.07) is 4.44. The molecule has 2 bridgehead atoms. The van der Waals surface area contributed by atoms with E-state index in [0.29, 0.717) is 36.4 Å². The largest absolute Gasteiger partial charge is 0.434 e. The number of halogens is 2. The summed E-state index contributed by atoms with van der Waals surface area (Å²) in [4.78, 5) is 38.6. The molecule has 2 aliphatic heterocycles. The van der Waals surface area contributed by atoms with E-state index in [1.54, 1.807) is 30.3 Å². The molecule has 1 saturated carbocycles. The van der Waals surface area contributed by atoms with Crippen molar-refractivity contribution in [3.8, 4) is 5.75 Å². The number of aromatic nitrogens is 3. The normalized spacial score (nSPS) is 22.7. The molecule has 7 rings (SSSR count). The van der Waals surface area contributed by atoms with Crippen LogP contribution in [-0.4, -0.2) is 62.7 Å². The van der Waals surface area contributed by atoms with Crippen LogP contribution in [0.5, 0.6) is 5.75 Å². The third-order valence-electron chi connectivity index (χ3n) is 8.12. The maximum Gasteiger partial charge on any atom is 0.387 e. The predicted molar refractivity (Wildman–Crippen MR) is 129 cm³/mol. The van der Waals surface area contributed by atoms with Gasteiger partial charge < -0.3 is 14.5 Å². The lowest BCUT2D eigenvalue weighted by atomic mass is 9.91. The molecule has 37 heavy (non-hydrogen) atoms. The van der Waals surface area contributed by atoms with E-state index >= 15 is 0 Å². The lowest BCUT2D eigenvalue weighted by Crippen LogP contribution is -2.35. The molecule has 0 spiro atoms. The fraction of sp³-hybridized carbons (Fsp3) is 0.407. The van der Waals surface area contributed by atoms with Gasteiger partial charge in [0, 0.05) is 61.1 Å². The van der Waals surface area contributed by atoms with Gasteiger partial charge in [-0.25, -0.2) is 9.97 Å². The number of carbonyl (C=O) groups is 2. The SMILES string of the molecule is CN1C(=O)c2cccc(OC(F)F)c2C2CC1c1nc3ncc(C4=CCN(C(=O)C5CC5)CC4)cn3c12. The van der Waals surface area contributed by atoms with Crippen molar-refractivity contribution < 1.29 is 23.1 Å². The number of carbonyl (C=O) groups excluding carboxylic acids is 2. The number of alkyl halides is 2. The average molecular weight is 506 g/mol. The van der Waals surface area contributed by atoms with Gasteiger partial charge in [-0.15, -0.1) is 0 Å². The summed E-state index contributed by atoms with van der Waals surface area (Å²) in [6.07, 6.45) is 9.13. The average Bonchev–Trinajstić information content (AvgIpc) is 3.61. The van der Waals surface area contributed by atoms with E-state index in [2.05, 4.69) is 11.1 Å². The van der Waals surface area contributed by atoms with E-state index in [4.69, 9.17) is 9.72 Å². The van der Waals surface area contributed by atoms with Gasteiger partial charge in [-0.1, -0.05) is 12.1 Å². The van der Waals surface area contributed by atoms with E-state index in [1.807, 2.05) is 15.5 Å². The molecular weight excluding hydrogens is 480 g/mol. The summed E-state index contributed by atoms with van der Waals surface area (Å²) in [6.45, 7) is -1.73. The fourth-order valence-corrected chi connectivity index (χ4v) is 6.11. The maximum atomic E-state index is 13.3. The molecule has 1 fully saturated rings. The van der Waals surface area contributed by atoms with Crippen molar-refractivity contribution in [1.82, 2.24) is 24.2 Å². The molecule has 4 aliphatic rings. The van der Waals surface area contributed by atoms with Gasteiger partial charge in [0.1, 0.15) is 5.75 Å². The number of benzene rings is 1. The first-order valence-electron chi connectivity index (χ1n) is 12.6. The second-order valence-electron chi connectivity index (χ2n) is 10.2. The molecule has 0 radical (unpaired) electrons. The predicted octanol–water partition coefficient (Wildman–Crippen LogP) is 4.02. The Morgan fingerprint density at radius 1 is 1.24 bits per heavy atom. The zero-order valence-corrected chi connectivity index (χ0v) is 20.2. The van der Waals surface area contributed by atoms with E-state index in [0.717, 1.165) is 41.8 Å². The van der Waals surface area contributed by atoms with Crippen LogP contribution in [0.2, 0.25) is 0 Å². The van der Waals surface area contributed by atoms with Gasteiger partial charge in [0.15, 0.2) is 0 Å². The Labute approximate surface area is 211 Å². The number of ether oxygens (including phenoxy) is 1. The van der Waals surface area contributed by atoms with Crippen molar-refractivity contribution in [2.45, 2.75) is 44.3 Å². The van der Waals surface area contributed by atoms with Gasteiger partial charge >= 0.3 is 6.61 Å². The number of nitrogens with zero attached hydrogens (tertiary/aromatic N) is 5. The molecule has 1 aromatic carbocycles. The highest BCUT2D eigenvalue weighted by atomic mass is 19.3. The van der Waals surface area contributed by atoms with Crippen LogP contribution in [0.25, 0.3) is 11.4 Å². The standard InChI is InChI=1S/C27H25F2N5O3/c1-32-19-11-18(21-17(25(32)36)3-2-4-20(21)37-26(28)29)23-22(19)31-27-30-12-16(13-34(23)27)14-7-9-33(10-8-14)24(35)15-5-6-15/h2-4,7,12-13,15,18-19,26H,5-6,8-11H2,1H3. The minimum atomic E-state index is -3.00. The van der Waals surface area contributed by atoms with Crippen LogP contribution >= 0.6 is 0 Å². The highest BCUT2D eigenvalue weighted by Crippen LogP contribution is 2.52. The molecule has 2 atom stereocenters. The molecule has 8 nitrogen and oxygen atoms in total. The van der Waals surface area contributed by atoms with Crippen LogP contribution in [0, 0.1) is 5.92 Å². The van der Waals surface area contributed by atoms with Gasteiger partial charge in [0.2, 0.25) is 11.7 Å². The number of amides is 2. The number of hydrogen-bond acceptors (Lipinski definition) is 5. The number of imidazole rings is 1. The van der Waals surface area contributed by atoms with Crippen molar-refractivity contribution in [2.24, 2.45) is 5.92 Å². The third-order valence-corrected chi connectivity index (χ3v) is 8.12. The van der Waals surface area contributed by atoms with Gasteiger partial charge in [0.05, 0.1) is 17.4 Å². The van der Waals surface area contributed by atoms with Crippen molar-refractivity contribution in [3.63, 3.8) is 0 Å². The summed E-state index contributed by atoms with van der Waals surface area (Å²) < 4.78 is 33.4. The van der Waals surface area contributed by atoms with Gasteiger partial charge in [-0.05, 0) is 43.4 Å². The molecule has 0 N–H and O–H groups in total. The fourth-order valence-electron chi connectivity index (χ4n) is 6.11. The Bertz CT molecular complexity index is 1490. The highest BCUT2D eigenvalue weighted by molar-refractivity contribution is 5.98. The van der Waals surface area contributed by atoms with Crippen molar-refractivity contribution >= 4 is 23.2 Å². The Kier molecular flexibility index (Phi) is 4.90. The first kappa shape index (κ1) is 22.4. The minimum absolute atomic E-state index is 0.0159. The van der Waals surface area contributed by atoms with E-state index < -0.39 is 6.61 Å². The second-order valence-corrected chi connectivity index (χ2v) is 10.2. The summed E-state index contributed by atoms with van der Waals surface area (Å²) in [5.41, 5.74) is 4.48. The summed E-state index contributed by atoms with van der Waals surface area (Å²) in [5, 5.41) is 0. The second kappa shape index (κ2) is 8.09. The molecular formula is C27H25F2N5O3. The highest BCUT2D eigenvalue weighted by Gasteiger charge is 2.46. The molecule has 2 aromatic heterocycles. The molecule has 2 amide bonds. The van der Waals surface area contributed by atoms with Crippen LogP contribution in [-0.2, 0) is 4.79 Å². The zero-order valence-electron chi connectivity index (χ0n) is 20.2. The molecule has 2 aliphatic carbocycles. The molecule has 2 unspecified atom stereocenters. The Morgan fingerprint density at radius 2 is 2.08 bits per heavy atom. The molecule has 10 heteroatoms. The van der Waals surface area contributed by atoms with Crippen molar-refractivity contribution in [3.05, 3.63) is 64.7 Å². The first-order valence-corrected chi connectivity index (χ1v) is 12.6. The number of fused-ring (bicyclic) bond motifs is 9. The zero-order chi connectivity index (χ0) is 25.4. The lowest BCUT2D eigenvalue weighted by Gasteiger charge is -2.26. The molecule has 3 aromatic rings. The monoisotopic (exact) mass is 505 g/mol. The molecule has 0 saturated heterocycles. The van der Waals surface area contributed by atoms with Crippen LogP contribution in [0.3, 0.4) is 0 Å². The Hall–Kier alpha value is -3.82. The smallest absolute Gasteiger partial charge is 0.387 e. The van der Waals surface area contributed by atoms with Gasteiger partial charge in [0.25, 0.3) is 5.91 Å². The Balaban J connectivity index is 1.32. The topological polar surface area (TPSA) is 80.0 Å². The van der Waals surface area contributed by atoms with Crippen LogP contribution in [0.15, 0.2) is 36.7 Å².